The first-order valence-electron chi connectivity index (χ1n) is 6.70. The lowest BCUT2D eigenvalue weighted by Crippen LogP contribution is -2.14. The maximum atomic E-state index is 13.9. The van der Waals surface area contributed by atoms with Crippen molar-refractivity contribution in [3.8, 4) is 11.5 Å². The van der Waals surface area contributed by atoms with Gasteiger partial charge in [0.25, 0.3) is 0 Å². The number of aromatic nitrogens is 4. The average Bonchev–Trinajstić information content (AvgIpc) is 2.79. The van der Waals surface area contributed by atoms with Crippen molar-refractivity contribution in [2.75, 3.05) is 0 Å². The average molecular weight is 286 g/mol. The van der Waals surface area contributed by atoms with Gasteiger partial charge in [0.1, 0.15) is 22.9 Å². The molecular weight excluding hydrogens is 271 g/mol. The van der Waals surface area contributed by atoms with E-state index in [2.05, 4.69) is 15.1 Å². The van der Waals surface area contributed by atoms with Gasteiger partial charge in [-0.2, -0.15) is 5.10 Å². The van der Waals surface area contributed by atoms with Crippen molar-refractivity contribution in [3.05, 3.63) is 42.0 Å². The van der Waals surface area contributed by atoms with Crippen molar-refractivity contribution in [2.45, 2.75) is 26.5 Å². The summed E-state index contributed by atoms with van der Waals surface area (Å²) in [6.07, 6.45) is -0.554. The van der Waals surface area contributed by atoms with Crippen LogP contribution in [0.25, 0.3) is 22.4 Å². The number of hydrogen-bond acceptors (Lipinski definition) is 4. The molecule has 2 heterocycles. The summed E-state index contributed by atoms with van der Waals surface area (Å²) in [5.41, 5.74) is 0.841. The minimum Gasteiger partial charge on any atom is -0.391 e. The molecule has 0 saturated carbocycles. The van der Waals surface area contributed by atoms with E-state index in [9.17, 15) is 9.50 Å². The Kier molecular flexibility index (Phi) is 3.39. The summed E-state index contributed by atoms with van der Waals surface area (Å²) in [6, 6.07) is 8.42. The van der Waals surface area contributed by atoms with Crippen molar-refractivity contribution >= 4 is 10.9 Å². The summed E-state index contributed by atoms with van der Waals surface area (Å²) < 4.78 is 15.4. The van der Waals surface area contributed by atoms with Crippen LogP contribution in [-0.2, 0) is 6.54 Å². The van der Waals surface area contributed by atoms with E-state index < -0.39 is 6.10 Å². The van der Waals surface area contributed by atoms with Gasteiger partial charge >= 0.3 is 0 Å². The number of aryl methyl sites for hydroxylation is 1. The first kappa shape index (κ1) is 13.6. The summed E-state index contributed by atoms with van der Waals surface area (Å²) in [7, 11) is 0. The quantitative estimate of drug-likeness (QED) is 0.802. The summed E-state index contributed by atoms with van der Waals surface area (Å²) in [5, 5.41) is 14.5. The summed E-state index contributed by atoms with van der Waals surface area (Å²) in [4.78, 5) is 8.67. The first-order valence-corrected chi connectivity index (χ1v) is 6.70. The van der Waals surface area contributed by atoms with E-state index in [1.807, 2.05) is 0 Å². The van der Waals surface area contributed by atoms with Crippen LogP contribution in [-0.4, -0.2) is 31.0 Å². The maximum Gasteiger partial charge on any atom is 0.177 e. The van der Waals surface area contributed by atoms with E-state index >= 15 is 0 Å². The molecule has 0 aliphatic heterocycles. The second kappa shape index (κ2) is 5.21. The predicted octanol–water partition coefficient (Wildman–Crippen LogP) is 2.32. The minimum atomic E-state index is -0.554. The summed E-state index contributed by atoms with van der Waals surface area (Å²) in [5.74, 6) is 0.743. The van der Waals surface area contributed by atoms with E-state index in [4.69, 9.17) is 0 Å². The van der Waals surface area contributed by atoms with Gasteiger partial charge < -0.3 is 5.11 Å². The molecule has 3 rings (SSSR count). The van der Waals surface area contributed by atoms with Crippen LogP contribution in [0.4, 0.5) is 4.39 Å². The molecule has 0 radical (unpaired) electrons. The molecule has 0 aliphatic rings. The Labute approximate surface area is 121 Å². The molecule has 5 nitrogen and oxygen atoms in total. The third-order valence-corrected chi connectivity index (χ3v) is 3.11. The van der Waals surface area contributed by atoms with E-state index in [1.165, 1.54) is 6.07 Å². The Hall–Kier alpha value is -2.34. The number of hydrogen-bond donors (Lipinski definition) is 1. The van der Waals surface area contributed by atoms with Gasteiger partial charge in [0.15, 0.2) is 5.82 Å². The van der Waals surface area contributed by atoms with Crippen molar-refractivity contribution in [1.82, 2.24) is 19.7 Å². The fourth-order valence-corrected chi connectivity index (χ4v) is 2.26. The number of pyridine rings is 1. The van der Waals surface area contributed by atoms with Crippen LogP contribution < -0.4 is 0 Å². The molecule has 1 N–H and O–H groups in total. The van der Waals surface area contributed by atoms with E-state index in [1.54, 1.807) is 42.8 Å². The Morgan fingerprint density at radius 2 is 2.05 bits per heavy atom. The van der Waals surface area contributed by atoms with Crippen LogP contribution in [0.15, 0.2) is 30.3 Å². The zero-order chi connectivity index (χ0) is 15.0. The number of para-hydroxylation sites is 1. The maximum absolute atomic E-state index is 13.9. The van der Waals surface area contributed by atoms with Gasteiger partial charge in [0, 0.05) is 5.39 Å². The van der Waals surface area contributed by atoms with Crippen LogP contribution in [0.3, 0.4) is 0 Å². The van der Waals surface area contributed by atoms with Gasteiger partial charge in [0.2, 0.25) is 0 Å². The molecule has 1 unspecified atom stereocenters. The molecule has 2 aromatic heterocycles. The third kappa shape index (κ3) is 2.62. The van der Waals surface area contributed by atoms with Crippen LogP contribution in [0.2, 0.25) is 0 Å². The largest absolute Gasteiger partial charge is 0.391 e. The molecule has 0 saturated heterocycles. The Balaban J connectivity index is 2.14. The summed E-state index contributed by atoms with van der Waals surface area (Å²) in [6.45, 7) is 3.76. The molecule has 3 aromatic rings. The topological polar surface area (TPSA) is 63.8 Å². The lowest BCUT2D eigenvalue weighted by Gasteiger charge is -2.08. The highest BCUT2D eigenvalue weighted by Crippen LogP contribution is 2.21. The molecule has 21 heavy (non-hydrogen) atoms. The van der Waals surface area contributed by atoms with Crippen LogP contribution in [0.1, 0.15) is 12.7 Å². The van der Waals surface area contributed by atoms with Crippen LogP contribution in [0.5, 0.6) is 0 Å². The molecule has 108 valence electrons. The number of aliphatic hydroxyl groups is 1. The Morgan fingerprint density at radius 3 is 2.81 bits per heavy atom. The van der Waals surface area contributed by atoms with Gasteiger partial charge in [-0.1, -0.05) is 18.2 Å². The standard InChI is InChI=1S/C15H15FN4O/c1-9(21)8-20-15(17-10(2)19-20)13-7-6-11-4-3-5-12(16)14(11)18-13/h3-7,9,21H,8H2,1-2H3. The van der Waals surface area contributed by atoms with E-state index in [0.29, 0.717) is 29.4 Å². The fraction of sp³-hybridized carbons (Fsp3) is 0.267. The van der Waals surface area contributed by atoms with Crippen molar-refractivity contribution in [3.63, 3.8) is 0 Å². The van der Waals surface area contributed by atoms with Crippen LogP contribution >= 0.6 is 0 Å². The summed E-state index contributed by atoms with van der Waals surface area (Å²) >= 11 is 0. The Morgan fingerprint density at radius 1 is 1.24 bits per heavy atom. The third-order valence-electron chi connectivity index (χ3n) is 3.11. The first-order chi connectivity index (χ1) is 10.0. The number of nitrogens with zero attached hydrogens (tertiary/aromatic N) is 4. The van der Waals surface area contributed by atoms with Gasteiger partial charge in [-0.25, -0.2) is 19.0 Å². The zero-order valence-corrected chi connectivity index (χ0v) is 11.8. The SMILES string of the molecule is Cc1nc(-c2ccc3cccc(F)c3n2)n(CC(C)O)n1. The molecule has 0 spiro atoms. The predicted molar refractivity (Wildman–Crippen MR) is 77.1 cm³/mol. The molecule has 6 heteroatoms. The molecule has 0 bridgehead atoms. The monoisotopic (exact) mass is 286 g/mol. The number of benzene rings is 1. The molecule has 1 aromatic carbocycles. The second-order valence-electron chi connectivity index (χ2n) is 5.02. The van der Waals surface area contributed by atoms with Crippen molar-refractivity contribution < 1.29 is 9.50 Å². The molecular formula is C15H15FN4O. The minimum absolute atomic E-state index is 0.305. The molecule has 1 atom stereocenters. The number of halogens is 1. The lowest BCUT2D eigenvalue weighted by atomic mass is 10.2. The molecule has 0 fully saturated rings. The molecule has 0 amide bonds. The number of rotatable bonds is 3. The zero-order valence-electron chi connectivity index (χ0n) is 11.8. The highest BCUT2D eigenvalue weighted by atomic mass is 19.1. The smallest absolute Gasteiger partial charge is 0.177 e. The molecule has 0 aliphatic carbocycles. The lowest BCUT2D eigenvalue weighted by molar-refractivity contribution is 0.169. The van der Waals surface area contributed by atoms with Gasteiger partial charge in [-0.3, -0.25) is 0 Å². The second-order valence-corrected chi connectivity index (χ2v) is 5.02. The number of aliphatic hydroxyl groups excluding tert-OH is 1. The van der Waals surface area contributed by atoms with Crippen molar-refractivity contribution in [1.29, 1.82) is 0 Å². The van der Waals surface area contributed by atoms with Gasteiger partial charge in [-0.15, -0.1) is 0 Å². The van der Waals surface area contributed by atoms with E-state index in [-0.39, 0.29) is 5.82 Å². The Bertz CT molecular complexity index is 797. The van der Waals surface area contributed by atoms with Gasteiger partial charge in [-0.05, 0) is 26.0 Å². The van der Waals surface area contributed by atoms with E-state index in [0.717, 1.165) is 5.39 Å². The normalized spacial score (nSPS) is 12.8. The van der Waals surface area contributed by atoms with Crippen LogP contribution in [0, 0.1) is 12.7 Å². The highest BCUT2D eigenvalue weighted by molar-refractivity contribution is 5.81. The fourth-order valence-electron chi connectivity index (χ4n) is 2.26. The van der Waals surface area contributed by atoms with Crippen molar-refractivity contribution in [2.24, 2.45) is 0 Å². The number of fused-ring (bicyclic) bond motifs is 1. The van der Waals surface area contributed by atoms with Gasteiger partial charge in [0.05, 0.1) is 12.6 Å². The highest BCUT2D eigenvalue weighted by Gasteiger charge is 2.14.